The zero-order valence-electron chi connectivity index (χ0n) is 14.5. The third kappa shape index (κ3) is 3.75. The third-order valence-electron chi connectivity index (χ3n) is 4.27. The van der Waals surface area contributed by atoms with Gasteiger partial charge in [0.1, 0.15) is 0 Å². The Kier molecular flexibility index (Phi) is 4.72. The first-order valence-corrected chi connectivity index (χ1v) is 9.45. The average molecular weight is 377 g/mol. The van der Waals surface area contributed by atoms with Crippen LogP contribution < -0.4 is 10.3 Å². The largest absolute Gasteiger partial charge is 0.759 e. The quantitative estimate of drug-likeness (QED) is 0.410. The first kappa shape index (κ1) is 17.4. The Morgan fingerprint density at radius 1 is 0.963 bits per heavy atom. The molecule has 0 radical (unpaired) electrons. The molecule has 27 heavy (non-hydrogen) atoms. The Morgan fingerprint density at radius 2 is 1.70 bits per heavy atom. The van der Waals surface area contributed by atoms with E-state index in [0.717, 1.165) is 22.6 Å². The molecule has 0 aliphatic heterocycles. The van der Waals surface area contributed by atoms with Crippen LogP contribution in [0.5, 0.6) is 0 Å². The standard InChI is InChI=1S/C20H18N4O2S/c1-14-12-20(17-7-6-15-4-2-3-5-16(15)13-17)24(22-14)19-10-8-18(9-11-19)21-23-27(25)26/h2-13,21,23H,1H3,(H,25,26)/p-1. The molecule has 0 aliphatic carbocycles. The van der Waals surface area contributed by atoms with E-state index in [2.05, 4.69) is 51.8 Å². The molecule has 0 aliphatic rings. The van der Waals surface area contributed by atoms with E-state index in [0.29, 0.717) is 5.69 Å². The van der Waals surface area contributed by atoms with E-state index >= 15 is 0 Å². The van der Waals surface area contributed by atoms with Crippen LogP contribution in [0.1, 0.15) is 5.69 Å². The van der Waals surface area contributed by atoms with Crippen molar-refractivity contribution in [3.63, 3.8) is 0 Å². The van der Waals surface area contributed by atoms with Gasteiger partial charge in [0.15, 0.2) is 0 Å². The van der Waals surface area contributed by atoms with E-state index in [1.165, 1.54) is 10.8 Å². The van der Waals surface area contributed by atoms with E-state index in [4.69, 9.17) is 0 Å². The number of hydrogen-bond donors (Lipinski definition) is 2. The van der Waals surface area contributed by atoms with Crippen LogP contribution in [-0.4, -0.2) is 18.5 Å². The molecule has 7 heteroatoms. The van der Waals surface area contributed by atoms with Crippen LogP contribution >= 0.6 is 0 Å². The number of aromatic nitrogens is 2. The summed E-state index contributed by atoms with van der Waals surface area (Å²) in [7, 11) is 0. The van der Waals surface area contributed by atoms with Crippen LogP contribution in [0.25, 0.3) is 27.7 Å². The monoisotopic (exact) mass is 377 g/mol. The SMILES string of the molecule is Cc1cc(-c2ccc3ccccc3c2)n(-c2ccc(NNS(=O)[O-])cc2)n1. The van der Waals surface area contributed by atoms with Gasteiger partial charge in [0.2, 0.25) is 0 Å². The predicted octanol–water partition coefficient (Wildman–Crippen LogP) is 3.71. The van der Waals surface area contributed by atoms with Crippen molar-refractivity contribution in [1.29, 1.82) is 0 Å². The van der Waals surface area contributed by atoms with E-state index in [1.54, 1.807) is 12.1 Å². The molecule has 4 aromatic rings. The lowest BCUT2D eigenvalue weighted by atomic mass is 10.0. The second-order valence-electron chi connectivity index (χ2n) is 6.15. The summed E-state index contributed by atoms with van der Waals surface area (Å²) in [5.74, 6) is 0. The average Bonchev–Trinajstić information content (AvgIpc) is 3.08. The number of fused-ring (bicyclic) bond motifs is 1. The van der Waals surface area contributed by atoms with Gasteiger partial charge < -0.3 is 9.98 Å². The van der Waals surface area contributed by atoms with Gasteiger partial charge in [-0.25, -0.2) is 4.68 Å². The number of anilines is 1. The van der Waals surface area contributed by atoms with E-state index in [9.17, 15) is 8.76 Å². The molecule has 0 saturated heterocycles. The number of hydrazine groups is 1. The van der Waals surface area contributed by atoms with Crippen molar-refractivity contribution in [1.82, 2.24) is 14.6 Å². The second kappa shape index (κ2) is 7.32. The Morgan fingerprint density at radius 3 is 2.44 bits per heavy atom. The molecule has 0 bridgehead atoms. The lowest BCUT2D eigenvalue weighted by Crippen LogP contribution is -2.23. The highest BCUT2D eigenvalue weighted by Gasteiger charge is 2.10. The number of rotatable bonds is 5. The topological polar surface area (TPSA) is 82.0 Å². The van der Waals surface area contributed by atoms with Crippen LogP contribution in [0.15, 0.2) is 72.8 Å². The Labute approximate surface area is 159 Å². The van der Waals surface area contributed by atoms with Crippen molar-refractivity contribution in [2.24, 2.45) is 0 Å². The molecule has 0 saturated carbocycles. The number of benzene rings is 3. The van der Waals surface area contributed by atoms with Gasteiger partial charge in [-0.2, -0.15) is 9.93 Å². The smallest absolute Gasteiger partial charge is 0.0743 e. The van der Waals surface area contributed by atoms with Crippen molar-refractivity contribution in [2.45, 2.75) is 6.92 Å². The van der Waals surface area contributed by atoms with E-state index in [1.807, 2.05) is 35.9 Å². The van der Waals surface area contributed by atoms with Gasteiger partial charge in [-0.15, -0.1) is 0 Å². The van der Waals surface area contributed by atoms with Gasteiger partial charge in [-0.1, -0.05) is 36.4 Å². The molecule has 1 unspecified atom stereocenters. The van der Waals surface area contributed by atoms with Crippen molar-refractivity contribution in [3.8, 4) is 16.9 Å². The molecule has 0 amide bonds. The molecule has 6 nitrogen and oxygen atoms in total. The fraction of sp³-hybridized carbons (Fsp3) is 0.0500. The maximum absolute atomic E-state index is 10.6. The first-order valence-electron chi connectivity index (χ1n) is 8.37. The van der Waals surface area contributed by atoms with Gasteiger partial charge in [-0.3, -0.25) is 4.21 Å². The zero-order chi connectivity index (χ0) is 18.8. The molecule has 1 atom stereocenters. The van der Waals surface area contributed by atoms with Gasteiger partial charge in [0.05, 0.1) is 17.1 Å². The van der Waals surface area contributed by atoms with Gasteiger partial charge in [-0.05, 0) is 54.1 Å². The Hall–Kier alpha value is -3.00. The fourth-order valence-corrected chi connectivity index (χ4v) is 3.24. The Balaban J connectivity index is 1.71. The normalized spacial score (nSPS) is 12.2. The molecule has 0 spiro atoms. The van der Waals surface area contributed by atoms with Crippen LogP contribution in [-0.2, 0) is 11.3 Å². The minimum absolute atomic E-state index is 0.638. The number of nitrogens with one attached hydrogen (secondary N) is 2. The van der Waals surface area contributed by atoms with Crippen LogP contribution in [0.2, 0.25) is 0 Å². The van der Waals surface area contributed by atoms with Crippen LogP contribution in [0.3, 0.4) is 0 Å². The highest BCUT2D eigenvalue weighted by molar-refractivity contribution is 7.77. The minimum atomic E-state index is -2.37. The summed E-state index contributed by atoms with van der Waals surface area (Å²) in [5.41, 5.74) is 7.13. The van der Waals surface area contributed by atoms with Gasteiger partial charge >= 0.3 is 0 Å². The Bertz CT molecular complexity index is 1120. The summed E-state index contributed by atoms with van der Waals surface area (Å²) in [6.45, 7) is 1.96. The summed E-state index contributed by atoms with van der Waals surface area (Å²) in [6.07, 6.45) is 0. The summed E-state index contributed by atoms with van der Waals surface area (Å²) in [4.78, 5) is 2.12. The minimum Gasteiger partial charge on any atom is -0.759 e. The molecule has 1 aromatic heterocycles. The van der Waals surface area contributed by atoms with Gasteiger partial charge in [0.25, 0.3) is 0 Å². The molecular weight excluding hydrogens is 360 g/mol. The molecule has 0 fully saturated rings. The lowest BCUT2D eigenvalue weighted by Gasteiger charge is -2.12. The molecule has 2 N–H and O–H groups in total. The highest BCUT2D eigenvalue weighted by atomic mass is 32.2. The zero-order valence-corrected chi connectivity index (χ0v) is 15.4. The molecule has 3 aromatic carbocycles. The molecule has 136 valence electrons. The van der Waals surface area contributed by atoms with Crippen molar-refractivity contribution >= 4 is 27.7 Å². The summed E-state index contributed by atoms with van der Waals surface area (Å²) >= 11 is -2.37. The van der Waals surface area contributed by atoms with Crippen molar-refractivity contribution in [2.75, 3.05) is 5.43 Å². The van der Waals surface area contributed by atoms with Crippen LogP contribution in [0, 0.1) is 6.92 Å². The summed E-state index contributed by atoms with van der Waals surface area (Å²) in [5, 5.41) is 7.00. The van der Waals surface area contributed by atoms with Crippen LogP contribution in [0.4, 0.5) is 5.69 Å². The fourth-order valence-electron chi connectivity index (χ4n) is 3.04. The maximum atomic E-state index is 10.6. The number of nitrogens with zero attached hydrogens (tertiary/aromatic N) is 2. The van der Waals surface area contributed by atoms with Crippen molar-refractivity contribution in [3.05, 3.63) is 78.5 Å². The third-order valence-corrected chi connectivity index (χ3v) is 4.54. The number of aryl methyl sites for hydroxylation is 1. The van der Waals surface area contributed by atoms with E-state index < -0.39 is 11.3 Å². The predicted molar refractivity (Wildman–Crippen MR) is 107 cm³/mol. The van der Waals surface area contributed by atoms with E-state index in [-0.39, 0.29) is 0 Å². The lowest BCUT2D eigenvalue weighted by molar-refractivity contribution is 0.528. The molecule has 1 heterocycles. The van der Waals surface area contributed by atoms with Gasteiger partial charge in [0, 0.05) is 22.5 Å². The summed E-state index contributed by atoms with van der Waals surface area (Å²) in [6, 6.07) is 24.0. The molecule has 4 rings (SSSR count). The first-order chi connectivity index (χ1) is 13.1. The summed E-state index contributed by atoms with van der Waals surface area (Å²) < 4.78 is 23.0. The highest BCUT2D eigenvalue weighted by Crippen LogP contribution is 2.27. The van der Waals surface area contributed by atoms with Crippen molar-refractivity contribution < 1.29 is 8.76 Å². The second-order valence-corrected chi connectivity index (χ2v) is 6.83. The maximum Gasteiger partial charge on any atom is 0.0743 e. The number of hydrogen-bond acceptors (Lipinski definition) is 4. The molecular formula is C20H17N4O2S-.